The molecule has 1 aliphatic heterocycles. The molecule has 0 saturated carbocycles. The molecule has 37 heavy (non-hydrogen) atoms. The van der Waals surface area contributed by atoms with Gasteiger partial charge < -0.3 is 34.7 Å². The van der Waals surface area contributed by atoms with Crippen molar-refractivity contribution in [2.24, 2.45) is 7.05 Å². The van der Waals surface area contributed by atoms with E-state index in [0.717, 1.165) is 18.5 Å². The van der Waals surface area contributed by atoms with Crippen molar-refractivity contribution in [1.29, 1.82) is 0 Å². The molecule has 4 N–H and O–H groups in total. The molecule has 198 valence electrons. The number of aliphatic hydroxyl groups excluding tert-OH is 2. The van der Waals surface area contributed by atoms with Gasteiger partial charge in [-0.15, -0.1) is 0 Å². The van der Waals surface area contributed by atoms with E-state index in [0.29, 0.717) is 41.7 Å². The Morgan fingerprint density at radius 2 is 1.89 bits per heavy atom. The predicted octanol–water partition coefficient (Wildman–Crippen LogP) is 1.50. The van der Waals surface area contributed by atoms with Gasteiger partial charge in [0.05, 0.1) is 18.3 Å². The molecule has 0 bridgehead atoms. The van der Waals surface area contributed by atoms with Crippen LogP contribution in [0.25, 0.3) is 11.2 Å². The van der Waals surface area contributed by atoms with E-state index in [-0.39, 0.29) is 11.9 Å². The third-order valence-corrected chi connectivity index (χ3v) is 6.47. The molecule has 0 spiro atoms. The van der Waals surface area contributed by atoms with Crippen LogP contribution >= 0.6 is 0 Å². The van der Waals surface area contributed by atoms with Gasteiger partial charge in [-0.2, -0.15) is 15.0 Å². The zero-order chi connectivity index (χ0) is 26.1. The summed E-state index contributed by atoms with van der Waals surface area (Å²) in [5.41, 5.74) is 1.93. The number of rotatable bonds is 10. The molecule has 4 atom stereocenters. The molecule has 14 nitrogen and oxygen atoms in total. The molecular formula is C23H32N10O4. The van der Waals surface area contributed by atoms with Crippen molar-refractivity contribution >= 4 is 22.9 Å². The molecule has 0 aromatic carbocycles. The first kappa shape index (κ1) is 25.0. The highest BCUT2D eigenvalue weighted by Gasteiger charge is 2.47. The van der Waals surface area contributed by atoms with Gasteiger partial charge in [0.2, 0.25) is 5.95 Å². The molecule has 5 heterocycles. The van der Waals surface area contributed by atoms with Crippen LogP contribution in [0.3, 0.4) is 0 Å². The number of hydrogen-bond donors (Lipinski definition) is 4. The Labute approximate surface area is 213 Å². The summed E-state index contributed by atoms with van der Waals surface area (Å²) in [6.07, 6.45) is 3.25. The van der Waals surface area contributed by atoms with Crippen LogP contribution in [0, 0.1) is 6.92 Å². The van der Waals surface area contributed by atoms with Crippen LogP contribution in [-0.4, -0.2) is 74.2 Å². The first-order valence-corrected chi connectivity index (χ1v) is 12.4. The summed E-state index contributed by atoms with van der Waals surface area (Å²) in [5, 5.41) is 32.0. The Hall–Kier alpha value is -3.62. The zero-order valence-electron chi connectivity index (χ0n) is 21.2. The second-order valence-electron chi connectivity index (χ2n) is 9.19. The molecule has 5 rings (SSSR count). The van der Waals surface area contributed by atoms with E-state index in [4.69, 9.17) is 14.2 Å². The summed E-state index contributed by atoms with van der Waals surface area (Å²) in [5.74, 6) is 1.48. The number of fused-ring (bicyclic) bond motifs is 1. The molecular weight excluding hydrogens is 480 g/mol. The van der Waals surface area contributed by atoms with Gasteiger partial charge in [-0.25, -0.2) is 9.97 Å². The van der Waals surface area contributed by atoms with Gasteiger partial charge in [-0.3, -0.25) is 4.57 Å². The smallest absolute Gasteiger partial charge is 0.258 e. The fourth-order valence-corrected chi connectivity index (χ4v) is 4.39. The van der Waals surface area contributed by atoms with Crippen molar-refractivity contribution in [3.8, 4) is 0 Å². The quantitative estimate of drug-likeness (QED) is 0.241. The SMILES string of the molecule is CCC(CC)Nc1nc(NCCc2cn(C)cn2)nc2c1ncn2[C@@H]1O[C@H](c2nc(C)no2)[C@@H](O)[C@H]1O. The fourth-order valence-electron chi connectivity index (χ4n) is 4.39. The molecule has 0 amide bonds. The second-order valence-corrected chi connectivity index (χ2v) is 9.19. The van der Waals surface area contributed by atoms with Gasteiger partial charge >= 0.3 is 0 Å². The van der Waals surface area contributed by atoms with Crippen LogP contribution in [0.4, 0.5) is 11.8 Å². The topological polar surface area (TPSA) is 174 Å². The van der Waals surface area contributed by atoms with E-state index >= 15 is 0 Å². The molecule has 4 aromatic heterocycles. The molecule has 0 unspecified atom stereocenters. The lowest BCUT2D eigenvalue weighted by Gasteiger charge is -2.18. The van der Waals surface area contributed by atoms with E-state index in [1.165, 1.54) is 6.33 Å². The highest BCUT2D eigenvalue weighted by molar-refractivity contribution is 5.84. The van der Waals surface area contributed by atoms with Crippen LogP contribution < -0.4 is 10.6 Å². The van der Waals surface area contributed by atoms with Crippen molar-refractivity contribution in [3.63, 3.8) is 0 Å². The lowest BCUT2D eigenvalue weighted by molar-refractivity contribution is -0.0451. The molecule has 4 aromatic rings. The van der Waals surface area contributed by atoms with Crippen molar-refractivity contribution in [2.45, 2.75) is 70.6 Å². The average Bonchev–Trinajstić information content (AvgIpc) is 3.66. The van der Waals surface area contributed by atoms with Gasteiger partial charge in [0, 0.05) is 32.3 Å². The second kappa shape index (κ2) is 10.4. The fraction of sp³-hybridized carbons (Fsp3) is 0.565. The number of aryl methyl sites for hydroxylation is 2. The summed E-state index contributed by atoms with van der Waals surface area (Å²) in [7, 11) is 1.93. The number of nitrogens with one attached hydrogen (secondary N) is 2. The summed E-state index contributed by atoms with van der Waals surface area (Å²) < 4.78 is 14.7. The largest absolute Gasteiger partial charge is 0.387 e. The Morgan fingerprint density at radius 1 is 1.08 bits per heavy atom. The van der Waals surface area contributed by atoms with E-state index < -0.39 is 24.5 Å². The summed E-state index contributed by atoms with van der Waals surface area (Å²) in [4.78, 5) is 22.4. The molecule has 0 aliphatic carbocycles. The Bertz CT molecular complexity index is 1350. The van der Waals surface area contributed by atoms with Crippen molar-refractivity contribution in [1.82, 2.24) is 39.2 Å². The molecule has 1 fully saturated rings. The first-order valence-electron chi connectivity index (χ1n) is 12.4. The predicted molar refractivity (Wildman–Crippen MR) is 133 cm³/mol. The highest BCUT2D eigenvalue weighted by Crippen LogP contribution is 2.39. The van der Waals surface area contributed by atoms with Crippen LogP contribution in [0.1, 0.15) is 56.4 Å². The minimum atomic E-state index is -1.28. The van der Waals surface area contributed by atoms with E-state index in [9.17, 15) is 10.2 Å². The standard InChI is InChI=1S/C23H32N10O4/c1-5-13(6-2)28-19-15-20(30-23(29-19)24-8-7-14-9-32(4)10-25-14)33(11-26-15)22-17(35)16(34)18(36-22)21-27-12(3)31-37-21/h9-11,13,16-18,22,34-35H,5-8H2,1-4H3,(H2,24,28,29,30)/t16-,17+,18-,22+/m0/s1. The number of aliphatic hydroxyl groups is 2. The maximum atomic E-state index is 10.9. The van der Waals surface area contributed by atoms with Gasteiger partial charge in [0.25, 0.3) is 5.89 Å². The minimum Gasteiger partial charge on any atom is -0.387 e. The van der Waals surface area contributed by atoms with Crippen LogP contribution in [0.15, 0.2) is 23.4 Å². The Balaban J connectivity index is 1.46. The Morgan fingerprint density at radius 3 is 2.57 bits per heavy atom. The van der Waals surface area contributed by atoms with Gasteiger partial charge in [-0.05, 0) is 19.8 Å². The van der Waals surface area contributed by atoms with Gasteiger partial charge in [0.15, 0.2) is 35.1 Å². The van der Waals surface area contributed by atoms with Gasteiger partial charge in [0.1, 0.15) is 12.2 Å². The lowest BCUT2D eigenvalue weighted by atomic mass is 10.1. The van der Waals surface area contributed by atoms with E-state index in [1.807, 2.05) is 17.8 Å². The normalized spacial score (nSPS) is 21.8. The Kier molecular flexibility index (Phi) is 7.04. The zero-order valence-corrected chi connectivity index (χ0v) is 21.2. The van der Waals surface area contributed by atoms with Crippen molar-refractivity contribution in [2.75, 3.05) is 17.2 Å². The van der Waals surface area contributed by atoms with Gasteiger partial charge in [-0.1, -0.05) is 19.0 Å². The van der Waals surface area contributed by atoms with Crippen LogP contribution in [-0.2, 0) is 18.2 Å². The summed E-state index contributed by atoms with van der Waals surface area (Å²) >= 11 is 0. The number of nitrogens with zero attached hydrogens (tertiary/aromatic N) is 8. The third-order valence-electron chi connectivity index (χ3n) is 6.47. The summed E-state index contributed by atoms with van der Waals surface area (Å²) in [6.45, 7) is 6.45. The average molecular weight is 513 g/mol. The summed E-state index contributed by atoms with van der Waals surface area (Å²) in [6, 6.07) is 0.199. The van der Waals surface area contributed by atoms with Crippen molar-refractivity contribution in [3.05, 3.63) is 36.3 Å². The first-order chi connectivity index (χ1) is 17.9. The molecule has 14 heteroatoms. The van der Waals surface area contributed by atoms with E-state index in [1.54, 1.807) is 17.8 Å². The number of ether oxygens (including phenoxy) is 1. The monoisotopic (exact) mass is 512 g/mol. The number of hydrogen-bond acceptors (Lipinski definition) is 12. The van der Waals surface area contributed by atoms with Crippen molar-refractivity contribution < 1.29 is 19.5 Å². The van der Waals surface area contributed by atoms with Crippen LogP contribution in [0.5, 0.6) is 0 Å². The maximum absolute atomic E-state index is 10.9. The number of aromatic nitrogens is 8. The number of imidazole rings is 2. The lowest BCUT2D eigenvalue weighted by Crippen LogP contribution is -2.29. The maximum Gasteiger partial charge on any atom is 0.258 e. The minimum absolute atomic E-state index is 0.0959. The molecule has 1 saturated heterocycles. The molecule has 0 radical (unpaired) electrons. The third kappa shape index (κ3) is 4.99. The number of anilines is 2. The van der Waals surface area contributed by atoms with Crippen LogP contribution in [0.2, 0.25) is 0 Å². The highest BCUT2D eigenvalue weighted by atomic mass is 16.6. The molecule has 1 aliphatic rings. The van der Waals surface area contributed by atoms with E-state index in [2.05, 4.69) is 49.6 Å².